The first kappa shape index (κ1) is 43.9. The first-order chi connectivity index (χ1) is 34.8. The molecule has 2 aromatic heterocycles. The lowest BCUT2D eigenvalue weighted by molar-refractivity contribution is 0.590. The van der Waals surface area contributed by atoms with Crippen molar-refractivity contribution >= 4 is 38.6 Å². The van der Waals surface area contributed by atoms with Gasteiger partial charge in [-0.15, -0.1) is 0 Å². The minimum atomic E-state index is -0.0367. The van der Waals surface area contributed by atoms with Crippen LogP contribution in [0.25, 0.3) is 83.5 Å². The van der Waals surface area contributed by atoms with Crippen LogP contribution < -0.4 is 0 Å². The van der Waals surface area contributed by atoms with Crippen molar-refractivity contribution in [1.29, 1.82) is 0 Å². The summed E-state index contributed by atoms with van der Waals surface area (Å²) in [5.74, 6) is 1.05. The Balaban J connectivity index is 1.13. The molecule has 10 aromatic rings. The monoisotopic (exact) mass is 913 g/mol. The van der Waals surface area contributed by atoms with Crippen LogP contribution in [-0.2, 0) is 5.41 Å². The summed E-state index contributed by atoms with van der Waals surface area (Å²) < 4.78 is 2.59. The summed E-state index contributed by atoms with van der Waals surface area (Å²) in [4.78, 5) is 10.8. The molecule has 0 radical (unpaired) electrons. The molecule has 342 valence electrons. The van der Waals surface area contributed by atoms with Crippen molar-refractivity contribution < 1.29 is 0 Å². The van der Waals surface area contributed by atoms with Gasteiger partial charge >= 0.3 is 0 Å². The Hall–Kier alpha value is -8.40. The maximum Gasteiger partial charge on any atom is 0.160 e. The van der Waals surface area contributed by atoms with Crippen LogP contribution in [0.4, 0.5) is 0 Å². The Kier molecular flexibility index (Phi) is 11.4. The standard InChI is InChI=1S/C68H55N3/c1-68(2,3)57-37-33-51(34-38-57)59-44-56(63-45-62(52-27-17-8-18-28-52)69-67(70-63)53-31-29-49(30-32-53)46-19-9-4-10-20-46)43-58(50-25-15-7-16-26-50)66(59)71-64-39-35-54(47-21-11-5-12-22-47)41-60(64)61-42-55(36-40-65(61)71)48-23-13-6-14-24-48/h4-19,21-42,44-46,58H,20,43H2,1-3H3/t46-,58?/m1/s1. The average Bonchev–Trinajstić information content (AvgIpc) is 3.76. The minimum Gasteiger partial charge on any atom is -0.312 e. The normalized spacial score (nSPS) is 15.9. The number of hydrogen-bond donors (Lipinski definition) is 0. The highest BCUT2D eigenvalue weighted by Gasteiger charge is 2.32. The lowest BCUT2D eigenvalue weighted by Crippen LogP contribution is -2.16. The molecule has 2 aliphatic rings. The number of hydrogen-bond acceptors (Lipinski definition) is 2. The number of benzene rings is 8. The molecule has 0 fully saturated rings. The second-order valence-corrected chi connectivity index (χ2v) is 20.1. The highest BCUT2D eigenvalue weighted by Crippen LogP contribution is 2.50. The van der Waals surface area contributed by atoms with Crippen LogP contribution in [0.3, 0.4) is 0 Å². The molecule has 3 nitrogen and oxygen atoms in total. The zero-order chi connectivity index (χ0) is 47.9. The van der Waals surface area contributed by atoms with Crippen LogP contribution in [-0.4, -0.2) is 14.5 Å². The topological polar surface area (TPSA) is 30.7 Å². The maximum absolute atomic E-state index is 5.53. The van der Waals surface area contributed by atoms with Gasteiger partial charge in [-0.1, -0.05) is 227 Å². The minimum absolute atomic E-state index is 0.00316. The molecular formula is C68H55N3. The number of nitrogens with zero attached hydrogens (tertiary/aromatic N) is 3. The van der Waals surface area contributed by atoms with Gasteiger partial charge in [-0.05, 0) is 105 Å². The van der Waals surface area contributed by atoms with Gasteiger partial charge in [-0.2, -0.15) is 0 Å². The van der Waals surface area contributed by atoms with E-state index >= 15 is 0 Å². The summed E-state index contributed by atoms with van der Waals surface area (Å²) >= 11 is 0. The highest BCUT2D eigenvalue weighted by atomic mass is 15.0. The average molecular weight is 914 g/mol. The SMILES string of the molecule is CC(C)(C)c1ccc(C2=C(n3c4ccc(-c5ccccc5)cc4c4cc(-c5ccccc5)ccc43)C(c3ccccc3)CC(c3cc(-c4ccccc4)nc(-c4ccc([C@@H]5C=CC=CC5)cc4)n3)=C2)cc1. The van der Waals surface area contributed by atoms with Crippen LogP contribution in [0.15, 0.2) is 243 Å². The Morgan fingerprint density at radius 1 is 0.465 bits per heavy atom. The van der Waals surface area contributed by atoms with Crippen LogP contribution in [0.5, 0.6) is 0 Å². The molecule has 71 heavy (non-hydrogen) atoms. The third-order valence-electron chi connectivity index (χ3n) is 14.5. The van der Waals surface area contributed by atoms with Crippen LogP contribution >= 0.6 is 0 Å². The molecule has 0 saturated carbocycles. The van der Waals surface area contributed by atoms with E-state index < -0.39 is 0 Å². The third-order valence-corrected chi connectivity index (χ3v) is 14.5. The Morgan fingerprint density at radius 2 is 1.00 bits per heavy atom. The summed E-state index contributed by atoms with van der Waals surface area (Å²) in [6.45, 7) is 6.87. The molecule has 2 heterocycles. The summed E-state index contributed by atoms with van der Waals surface area (Å²) in [6.07, 6.45) is 13.0. The van der Waals surface area contributed by atoms with E-state index in [0.29, 0.717) is 5.92 Å². The quantitative estimate of drug-likeness (QED) is 0.144. The van der Waals surface area contributed by atoms with Gasteiger partial charge in [0, 0.05) is 45.0 Å². The van der Waals surface area contributed by atoms with Crippen molar-refractivity contribution in [2.24, 2.45) is 0 Å². The Labute approximate surface area is 417 Å². The van der Waals surface area contributed by atoms with E-state index in [2.05, 4.69) is 268 Å². The predicted octanol–water partition coefficient (Wildman–Crippen LogP) is 17.8. The molecular weight excluding hydrogens is 859 g/mol. The fourth-order valence-electron chi connectivity index (χ4n) is 10.7. The van der Waals surface area contributed by atoms with E-state index in [1.165, 1.54) is 83.2 Å². The van der Waals surface area contributed by atoms with Gasteiger partial charge < -0.3 is 4.57 Å². The van der Waals surface area contributed by atoms with Gasteiger partial charge in [0.1, 0.15) is 0 Å². The highest BCUT2D eigenvalue weighted by molar-refractivity contribution is 6.15. The molecule has 0 amide bonds. The zero-order valence-corrected chi connectivity index (χ0v) is 40.5. The number of fused-ring (bicyclic) bond motifs is 3. The van der Waals surface area contributed by atoms with Crippen LogP contribution in [0.2, 0.25) is 0 Å². The lowest BCUT2D eigenvalue weighted by Gasteiger charge is -2.31. The summed E-state index contributed by atoms with van der Waals surface area (Å²) in [5, 5.41) is 2.45. The van der Waals surface area contributed by atoms with Gasteiger partial charge in [-0.25, -0.2) is 9.97 Å². The molecule has 3 heteroatoms. The van der Waals surface area contributed by atoms with Gasteiger partial charge in [0.05, 0.1) is 22.4 Å². The van der Waals surface area contributed by atoms with Crippen molar-refractivity contribution in [3.05, 3.63) is 271 Å². The number of allylic oxidation sites excluding steroid dienone is 8. The largest absolute Gasteiger partial charge is 0.312 e. The second-order valence-electron chi connectivity index (χ2n) is 20.1. The number of rotatable bonds is 9. The Bertz CT molecular complexity index is 3590. The maximum atomic E-state index is 5.53. The molecule has 1 unspecified atom stereocenters. The second kappa shape index (κ2) is 18.5. The molecule has 0 bridgehead atoms. The third kappa shape index (κ3) is 8.59. The van der Waals surface area contributed by atoms with E-state index in [-0.39, 0.29) is 11.3 Å². The van der Waals surface area contributed by atoms with Gasteiger partial charge in [-0.3, -0.25) is 0 Å². The molecule has 0 spiro atoms. The van der Waals surface area contributed by atoms with E-state index in [4.69, 9.17) is 9.97 Å². The molecule has 0 N–H and O–H groups in total. The van der Waals surface area contributed by atoms with Crippen molar-refractivity contribution in [3.8, 4) is 44.9 Å². The van der Waals surface area contributed by atoms with Gasteiger partial charge in [0.15, 0.2) is 5.82 Å². The Morgan fingerprint density at radius 3 is 1.56 bits per heavy atom. The van der Waals surface area contributed by atoms with E-state index in [9.17, 15) is 0 Å². The predicted molar refractivity (Wildman–Crippen MR) is 299 cm³/mol. The smallest absolute Gasteiger partial charge is 0.160 e. The fourth-order valence-corrected chi connectivity index (χ4v) is 10.7. The van der Waals surface area contributed by atoms with E-state index in [1.54, 1.807) is 0 Å². The van der Waals surface area contributed by atoms with Crippen LogP contribution in [0.1, 0.15) is 73.4 Å². The van der Waals surface area contributed by atoms with E-state index in [0.717, 1.165) is 41.2 Å². The van der Waals surface area contributed by atoms with Gasteiger partial charge in [0.25, 0.3) is 0 Å². The van der Waals surface area contributed by atoms with E-state index in [1.807, 2.05) is 0 Å². The molecule has 2 atom stereocenters. The summed E-state index contributed by atoms with van der Waals surface area (Å²) in [5.41, 5.74) is 19.7. The van der Waals surface area contributed by atoms with Crippen molar-refractivity contribution in [2.45, 2.75) is 50.9 Å². The molecule has 0 saturated heterocycles. The molecule has 12 rings (SSSR count). The molecule has 0 aliphatic heterocycles. The molecule has 8 aromatic carbocycles. The lowest BCUT2D eigenvalue weighted by atomic mass is 9.78. The zero-order valence-electron chi connectivity index (χ0n) is 40.5. The van der Waals surface area contributed by atoms with Crippen LogP contribution in [0, 0.1) is 0 Å². The van der Waals surface area contributed by atoms with Crippen molar-refractivity contribution in [3.63, 3.8) is 0 Å². The summed E-state index contributed by atoms with van der Waals surface area (Å²) in [6, 6.07) is 77.7. The van der Waals surface area contributed by atoms with Crippen molar-refractivity contribution in [2.75, 3.05) is 0 Å². The first-order valence-electron chi connectivity index (χ1n) is 25.0. The number of aromatic nitrogens is 3. The first-order valence-corrected chi connectivity index (χ1v) is 25.0. The van der Waals surface area contributed by atoms with Crippen molar-refractivity contribution in [1.82, 2.24) is 14.5 Å². The molecule has 2 aliphatic carbocycles. The van der Waals surface area contributed by atoms with Gasteiger partial charge in [0.2, 0.25) is 0 Å². The fraction of sp³-hybridized carbons (Fsp3) is 0.118. The summed E-state index contributed by atoms with van der Waals surface area (Å²) in [7, 11) is 0.